The van der Waals surface area contributed by atoms with Crippen LogP contribution in [0.1, 0.15) is 61.4 Å². The SMILES string of the molecule is CCOc1cccc(-c2cc(OC)c(CN3CCN(c4ccc(C(=O)NCC56CC7CC(CC(C7)C5)C6)cc4)CC3)c(OC)c2)c1. The van der Waals surface area contributed by atoms with Crippen LogP contribution in [0, 0.1) is 23.2 Å². The molecule has 3 aromatic rings. The van der Waals surface area contributed by atoms with Gasteiger partial charge < -0.3 is 24.4 Å². The van der Waals surface area contributed by atoms with Crippen molar-refractivity contribution < 1.29 is 19.0 Å². The summed E-state index contributed by atoms with van der Waals surface area (Å²) < 4.78 is 17.5. The Morgan fingerprint density at radius 3 is 2.04 bits per heavy atom. The van der Waals surface area contributed by atoms with Crippen LogP contribution in [-0.2, 0) is 6.54 Å². The van der Waals surface area contributed by atoms with Gasteiger partial charge in [0, 0.05) is 50.5 Å². The normalized spacial score (nSPS) is 25.4. The third kappa shape index (κ3) is 6.44. The Morgan fingerprint density at radius 2 is 1.46 bits per heavy atom. The molecule has 0 aromatic heterocycles. The molecule has 4 aliphatic carbocycles. The molecule has 4 bridgehead atoms. The highest BCUT2D eigenvalue weighted by Crippen LogP contribution is 2.59. The van der Waals surface area contributed by atoms with Crippen LogP contribution in [-0.4, -0.2) is 64.4 Å². The van der Waals surface area contributed by atoms with Gasteiger partial charge in [-0.05, 0) is 128 Å². The first kappa shape index (κ1) is 30.9. The topological polar surface area (TPSA) is 63.3 Å². The average molecular weight is 624 g/mol. The molecule has 3 aromatic carbocycles. The summed E-state index contributed by atoms with van der Waals surface area (Å²) in [5.74, 6) is 5.30. The van der Waals surface area contributed by atoms with Crippen molar-refractivity contribution in [2.24, 2.45) is 23.2 Å². The summed E-state index contributed by atoms with van der Waals surface area (Å²) in [7, 11) is 3.45. The monoisotopic (exact) mass is 623 g/mol. The Morgan fingerprint density at radius 1 is 0.826 bits per heavy atom. The molecule has 1 N–H and O–H groups in total. The molecule has 1 aliphatic heterocycles. The van der Waals surface area contributed by atoms with Crippen molar-refractivity contribution in [3.63, 3.8) is 0 Å². The number of nitrogens with one attached hydrogen (secondary N) is 1. The zero-order valence-electron chi connectivity index (χ0n) is 27.7. The summed E-state index contributed by atoms with van der Waals surface area (Å²) in [5.41, 5.74) is 5.45. The summed E-state index contributed by atoms with van der Waals surface area (Å²) in [6, 6.07) is 20.5. The molecular weight excluding hydrogens is 574 g/mol. The lowest BCUT2D eigenvalue weighted by molar-refractivity contribution is -0.0503. The van der Waals surface area contributed by atoms with Crippen molar-refractivity contribution in [3.8, 4) is 28.4 Å². The van der Waals surface area contributed by atoms with E-state index in [9.17, 15) is 4.79 Å². The zero-order chi connectivity index (χ0) is 31.7. The predicted molar refractivity (Wildman–Crippen MR) is 183 cm³/mol. The van der Waals surface area contributed by atoms with E-state index in [0.29, 0.717) is 12.0 Å². The third-order valence-corrected chi connectivity index (χ3v) is 11.1. The number of hydrogen-bond donors (Lipinski definition) is 1. The lowest BCUT2D eigenvalue weighted by Gasteiger charge is -2.56. The fourth-order valence-electron chi connectivity index (χ4n) is 9.33. The number of carbonyl (C=O) groups is 1. The molecular formula is C39H49N3O4. The lowest BCUT2D eigenvalue weighted by atomic mass is 9.49. The van der Waals surface area contributed by atoms with Crippen molar-refractivity contribution in [1.29, 1.82) is 0 Å². The molecule has 1 amide bonds. The van der Waals surface area contributed by atoms with E-state index in [2.05, 4.69) is 51.5 Å². The third-order valence-electron chi connectivity index (χ3n) is 11.1. The second-order valence-corrected chi connectivity index (χ2v) is 14.2. The maximum Gasteiger partial charge on any atom is 0.251 e. The van der Waals surface area contributed by atoms with Gasteiger partial charge in [-0.3, -0.25) is 9.69 Å². The van der Waals surface area contributed by atoms with Gasteiger partial charge in [-0.25, -0.2) is 0 Å². The minimum atomic E-state index is 0.0722. The van der Waals surface area contributed by atoms with Gasteiger partial charge in [-0.1, -0.05) is 12.1 Å². The Bertz CT molecular complexity index is 1470. The van der Waals surface area contributed by atoms with E-state index in [1.807, 2.05) is 31.2 Å². The van der Waals surface area contributed by atoms with Gasteiger partial charge in [0.15, 0.2) is 0 Å². The van der Waals surface area contributed by atoms with Crippen molar-refractivity contribution >= 4 is 11.6 Å². The molecule has 46 heavy (non-hydrogen) atoms. The van der Waals surface area contributed by atoms with Crippen LogP contribution in [0.4, 0.5) is 5.69 Å². The van der Waals surface area contributed by atoms with Crippen molar-refractivity contribution in [2.45, 2.75) is 52.0 Å². The van der Waals surface area contributed by atoms with Crippen LogP contribution in [0.15, 0.2) is 60.7 Å². The Balaban J connectivity index is 0.946. The number of amides is 1. The first-order valence-electron chi connectivity index (χ1n) is 17.3. The molecule has 244 valence electrons. The molecule has 0 atom stereocenters. The first-order chi connectivity index (χ1) is 22.4. The number of rotatable bonds is 11. The molecule has 4 saturated carbocycles. The summed E-state index contributed by atoms with van der Waals surface area (Å²) >= 11 is 0. The maximum atomic E-state index is 13.1. The van der Waals surface area contributed by atoms with Gasteiger partial charge in [0.1, 0.15) is 17.2 Å². The van der Waals surface area contributed by atoms with E-state index in [4.69, 9.17) is 14.2 Å². The van der Waals surface area contributed by atoms with Crippen LogP contribution in [0.5, 0.6) is 17.2 Å². The van der Waals surface area contributed by atoms with Crippen molar-refractivity contribution in [1.82, 2.24) is 10.2 Å². The zero-order valence-corrected chi connectivity index (χ0v) is 27.7. The number of ether oxygens (including phenoxy) is 3. The Hall–Kier alpha value is -3.71. The summed E-state index contributed by atoms with van der Waals surface area (Å²) in [4.78, 5) is 18.0. The molecule has 1 saturated heterocycles. The summed E-state index contributed by atoms with van der Waals surface area (Å²) in [5, 5.41) is 3.34. The Labute approximate surface area is 274 Å². The first-order valence-corrected chi connectivity index (χ1v) is 17.3. The van der Waals surface area contributed by atoms with E-state index in [0.717, 1.165) is 96.5 Å². The molecule has 5 aliphatic rings. The molecule has 0 unspecified atom stereocenters. The van der Waals surface area contributed by atoms with E-state index in [-0.39, 0.29) is 5.91 Å². The van der Waals surface area contributed by atoms with Crippen LogP contribution in [0.2, 0.25) is 0 Å². The highest BCUT2D eigenvalue weighted by molar-refractivity contribution is 5.94. The van der Waals surface area contributed by atoms with Gasteiger partial charge in [-0.15, -0.1) is 0 Å². The molecule has 7 nitrogen and oxygen atoms in total. The summed E-state index contributed by atoms with van der Waals surface area (Å²) in [6.45, 7) is 7.92. The number of anilines is 1. The second kappa shape index (κ2) is 13.2. The smallest absolute Gasteiger partial charge is 0.251 e. The number of hydrogen-bond acceptors (Lipinski definition) is 6. The number of methoxy groups -OCH3 is 2. The maximum absolute atomic E-state index is 13.1. The van der Waals surface area contributed by atoms with Gasteiger partial charge in [-0.2, -0.15) is 0 Å². The van der Waals surface area contributed by atoms with Gasteiger partial charge >= 0.3 is 0 Å². The quantitative estimate of drug-likeness (QED) is 0.247. The fraction of sp³-hybridized carbons (Fsp3) is 0.513. The van der Waals surface area contributed by atoms with Gasteiger partial charge in [0.05, 0.1) is 26.4 Å². The highest BCUT2D eigenvalue weighted by atomic mass is 16.5. The fourth-order valence-corrected chi connectivity index (χ4v) is 9.33. The second-order valence-electron chi connectivity index (χ2n) is 14.2. The van der Waals surface area contributed by atoms with Crippen LogP contribution < -0.4 is 24.4 Å². The minimum Gasteiger partial charge on any atom is -0.496 e. The van der Waals surface area contributed by atoms with E-state index in [1.54, 1.807) is 14.2 Å². The molecule has 7 heteroatoms. The molecule has 0 spiro atoms. The molecule has 0 radical (unpaired) electrons. The van der Waals surface area contributed by atoms with Gasteiger partial charge in [0.25, 0.3) is 5.91 Å². The number of piperazine rings is 1. The lowest BCUT2D eigenvalue weighted by Crippen LogP contribution is -2.51. The van der Waals surface area contributed by atoms with Crippen molar-refractivity contribution in [2.75, 3.05) is 58.5 Å². The standard InChI is InChI=1S/C39H49N3O4/c1-4-46-34-7-5-6-31(19-34)32-20-36(44-2)35(37(21-32)45-3)25-41-12-14-42(15-13-41)33-10-8-30(9-11-33)38(43)40-26-39-22-27-16-28(23-39)18-29(17-27)24-39/h5-11,19-21,27-29H,4,12-18,22-26H2,1-3H3,(H,40,43). The van der Waals surface area contributed by atoms with Crippen LogP contribution in [0.25, 0.3) is 11.1 Å². The summed E-state index contributed by atoms with van der Waals surface area (Å²) in [6.07, 6.45) is 8.26. The Kier molecular flexibility index (Phi) is 8.86. The minimum absolute atomic E-state index is 0.0722. The van der Waals surface area contributed by atoms with Crippen molar-refractivity contribution in [3.05, 3.63) is 71.8 Å². The van der Waals surface area contributed by atoms with E-state index in [1.165, 1.54) is 44.2 Å². The molecule has 5 fully saturated rings. The molecule has 1 heterocycles. The number of benzene rings is 3. The van der Waals surface area contributed by atoms with E-state index >= 15 is 0 Å². The predicted octanol–water partition coefficient (Wildman–Crippen LogP) is 7.04. The van der Waals surface area contributed by atoms with Crippen LogP contribution in [0.3, 0.4) is 0 Å². The highest BCUT2D eigenvalue weighted by Gasteiger charge is 2.50. The van der Waals surface area contributed by atoms with E-state index < -0.39 is 0 Å². The largest absolute Gasteiger partial charge is 0.496 e. The number of carbonyl (C=O) groups excluding carboxylic acids is 1. The number of nitrogens with zero attached hydrogens (tertiary/aromatic N) is 2. The average Bonchev–Trinajstić information content (AvgIpc) is 3.07. The van der Waals surface area contributed by atoms with Gasteiger partial charge in [0.2, 0.25) is 0 Å². The molecule has 8 rings (SSSR count). The van der Waals surface area contributed by atoms with Crippen LogP contribution >= 0.6 is 0 Å².